The van der Waals surface area contributed by atoms with Gasteiger partial charge < -0.3 is 4.74 Å². The molecule has 34 heavy (non-hydrogen) atoms. The molecule has 0 aliphatic heterocycles. The summed E-state index contributed by atoms with van der Waals surface area (Å²) in [7, 11) is -0.342. The number of hydrogen-bond donors (Lipinski definition) is 0. The van der Waals surface area contributed by atoms with Crippen LogP contribution in [0.25, 0.3) is 0 Å². The molecule has 0 N–H and O–H groups in total. The van der Waals surface area contributed by atoms with E-state index >= 15 is 0 Å². The lowest BCUT2D eigenvalue weighted by Crippen LogP contribution is -2.40. The van der Waals surface area contributed by atoms with Crippen LogP contribution in [0.15, 0.2) is 12.1 Å². The molecule has 5 heteroatoms. The Morgan fingerprint density at radius 2 is 1.62 bits per heavy atom. The second-order valence-electron chi connectivity index (χ2n) is 11.6. The van der Waals surface area contributed by atoms with Crippen molar-refractivity contribution in [3.05, 3.63) is 34.4 Å². The Labute approximate surface area is 209 Å². The predicted octanol–water partition coefficient (Wildman–Crippen LogP) is 8.44. The molecule has 192 valence electrons. The molecular weight excluding hydrogens is 443 g/mol. The Morgan fingerprint density at radius 3 is 2.09 bits per heavy atom. The number of hydrogen-bond acceptors (Lipinski definition) is 4. The lowest BCUT2D eigenvalue weighted by Gasteiger charge is -2.31. The number of unbranched alkanes of at least 4 members (excludes halogenated alkanes) is 1. The fourth-order valence-electron chi connectivity index (χ4n) is 5.23. The Morgan fingerprint density at radius 1 is 1.03 bits per heavy atom. The van der Waals surface area contributed by atoms with Crippen molar-refractivity contribution in [2.24, 2.45) is 17.3 Å². The number of ketones is 1. The number of carbonyl (C=O) groups excluding carboxylic acids is 2. The Bertz CT molecular complexity index is 816. The van der Waals surface area contributed by atoms with Gasteiger partial charge in [0.05, 0.1) is 6.61 Å². The van der Waals surface area contributed by atoms with Crippen molar-refractivity contribution in [3.63, 3.8) is 0 Å². The van der Waals surface area contributed by atoms with E-state index in [0.29, 0.717) is 18.6 Å². The average Bonchev–Trinajstić information content (AvgIpc) is 2.70. The molecule has 0 saturated heterocycles. The molecular formula is C29H47O4P. The molecule has 0 aliphatic carbocycles. The van der Waals surface area contributed by atoms with Crippen LogP contribution >= 0.6 is 8.46 Å². The summed E-state index contributed by atoms with van der Waals surface area (Å²) >= 11 is 0. The number of aryl methyl sites for hydroxylation is 3. The van der Waals surface area contributed by atoms with Crippen LogP contribution < -0.4 is 0 Å². The number of esters is 1. The van der Waals surface area contributed by atoms with E-state index in [4.69, 9.17) is 4.74 Å². The van der Waals surface area contributed by atoms with E-state index < -0.39 is 11.1 Å². The van der Waals surface area contributed by atoms with Gasteiger partial charge in [-0.25, -0.2) is 0 Å². The minimum Gasteiger partial charge on any atom is -0.464 e. The highest BCUT2D eigenvalue weighted by molar-refractivity contribution is 7.28. The van der Waals surface area contributed by atoms with E-state index in [0.717, 1.165) is 48.8 Å². The van der Waals surface area contributed by atoms with E-state index in [1.165, 1.54) is 0 Å². The van der Waals surface area contributed by atoms with Gasteiger partial charge in [0.2, 0.25) is 0 Å². The van der Waals surface area contributed by atoms with Crippen LogP contribution in [-0.4, -0.2) is 23.5 Å². The number of ether oxygens (including phenoxy) is 1. The van der Waals surface area contributed by atoms with Crippen molar-refractivity contribution in [1.29, 1.82) is 0 Å². The number of rotatable bonds is 14. The van der Waals surface area contributed by atoms with Gasteiger partial charge in [-0.3, -0.25) is 14.2 Å². The number of benzene rings is 1. The van der Waals surface area contributed by atoms with Gasteiger partial charge in [0.1, 0.15) is 0 Å². The van der Waals surface area contributed by atoms with E-state index in [-0.39, 0.29) is 37.9 Å². The van der Waals surface area contributed by atoms with Crippen LogP contribution in [0.1, 0.15) is 114 Å². The summed E-state index contributed by atoms with van der Waals surface area (Å²) in [5.41, 5.74) is 3.57. The van der Waals surface area contributed by atoms with E-state index in [2.05, 4.69) is 41.5 Å². The maximum absolute atomic E-state index is 13.5. The molecule has 4 nitrogen and oxygen atoms in total. The van der Waals surface area contributed by atoms with Gasteiger partial charge >= 0.3 is 5.97 Å². The molecule has 0 amide bonds. The zero-order valence-corrected chi connectivity index (χ0v) is 23.9. The van der Waals surface area contributed by atoms with E-state index in [1.807, 2.05) is 32.9 Å². The van der Waals surface area contributed by atoms with Gasteiger partial charge in [-0.1, -0.05) is 78.5 Å². The molecule has 0 fully saturated rings. The first-order valence-electron chi connectivity index (χ1n) is 12.9. The summed E-state index contributed by atoms with van der Waals surface area (Å²) in [5.74, 6) is -0.245. The second-order valence-corrected chi connectivity index (χ2v) is 12.6. The van der Waals surface area contributed by atoms with Crippen LogP contribution in [0.4, 0.5) is 0 Å². The first-order valence-corrected chi connectivity index (χ1v) is 13.7. The number of Topliss-reactive ketones (excluding diaryl/α,β-unsaturated/α-hetero) is 1. The lowest BCUT2D eigenvalue weighted by atomic mass is 9.79. The van der Waals surface area contributed by atoms with Crippen molar-refractivity contribution >= 4 is 20.2 Å². The van der Waals surface area contributed by atoms with Gasteiger partial charge in [0, 0.05) is 12.0 Å². The minimum atomic E-state index is -1.37. The minimum absolute atomic E-state index is 0.0659. The molecule has 0 radical (unpaired) electrons. The van der Waals surface area contributed by atoms with Crippen LogP contribution in [0, 0.1) is 38.0 Å². The third kappa shape index (κ3) is 9.25. The van der Waals surface area contributed by atoms with Gasteiger partial charge in [-0.05, 0) is 68.4 Å². The first kappa shape index (κ1) is 30.5. The fourth-order valence-corrected chi connectivity index (χ4v) is 5.96. The third-order valence-electron chi connectivity index (χ3n) is 6.60. The summed E-state index contributed by atoms with van der Waals surface area (Å²) in [6.45, 7) is 18.9. The van der Waals surface area contributed by atoms with Crippen molar-refractivity contribution in [2.45, 2.75) is 112 Å². The van der Waals surface area contributed by atoms with Gasteiger partial charge in [-0.15, -0.1) is 0 Å². The first-order chi connectivity index (χ1) is 15.8. The zero-order chi connectivity index (χ0) is 26.1. The topological polar surface area (TPSA) is 60.4 Å². The highest BCUT2D eigenvalue weighted by atomic mass is 31.1. The molecule has 1 rings (SSSR count). The third-order valence-corrected chi connectivity index (χ3v) is 7.48. The van der Waals surface area contributed by atoms with Crippen molar-refractivity contribution in [3.8, 4) is 0 Å². The predicted molar refractivity (Wildman–Crippen MR) is 142 cm³/mol. The molecule has 0 bridgehead atoms. The van der Waals surface area contributed by atoms with Crippen LogP contribution in [0.5, 0.6) is 0 Å². The summed E-state index contributed by atoms with van der Waals surface area (Å²) < 4.78 is 18.5. The standard InChI is InChI=1S/C29H47O4P/c1-10-12-13-24(11-2)19-33-27(31)29(34-32,17-21(4)16-28(7,8)9)18-25(30)26-22(5)14-20(3)15-23(26)6/h14-15,21,24H,10-13,16-19H2,1-9H3. The average molecular weight is 491 g/mol. The highest BCUT2D eigenvalue weighted by Crippen LogP contribution is 2.40. The van der Waals surface area contributed by atoms with Crippen LogP contribution in [0.2, 0.25) is 0 Å². The molecule has 0 heterocycles. The SMILES string of the molecule is CCCCC(CC)COC(=O)C(CC(=O)c1c(C)cc(C)cc1C)(CC(C)CC(C)(C)C)P=O. The van der Waals surface area contributed by atoms with E-state index in [1.54, 1.807) is 0 Å². The molecule has 1 aromatic rings. The zero-order valence-electron chi connectivity index (χ0n) is 23.0. The van der Waals surface area contributed by atoms with Crippen molar-refractivity contribution < 1.29 is 18.9 Å². The van der Waals surface area contributed by atoms with Crippen LogP contribution in [0.3, 0.4) is 0 Å². The quantitative estimate of drug-likeness (QED) is 0.149. The maximum Gasteiger partial charge on any atom is 0.324 e. The fraction of sp³-hybridized carbons (Fsp3) is 0.724. The summed E-state index contributed by atoms with van der Waals surface area (Å²) in [4.78, 5) is 27.0. The molecule has 0 saturated carbocycles. The van der Waals surface area contributed by atoms with Gasteiger partial charge in [0.25, 0.3) is 0 Å². The monoisotopic (exact) mass is 490 g/mol. The maximum atomic E-state index is 13.5. The Kier molecular flexibility index (Phi) is 12.1. The van der Waals surface area contributed by atoms with Gasteiger partial charge in [0.15, 0.2) is 19.4 Å². The molecule has 1 aromatic carbocycles. The molecule has 0 spiro atoms. The summed E-state index contributed by atoms with van der Waals surface area (Å²) in [5, 5.41) is -1.37. The lowest BCUT2D eigenvalue weighted by molar-refractivity contribution is -0.149. The molecule has 0 aromatic heterocycles. The van der Waals surface area contributed by atoms with Crippen molar-refractivity contribution in [2.75, 3.05) is 6.61 Å². The summed E-state index contributed by atoms with van der Waals surface area (Å²) in [6.07, 6.45) is 5.23. The van der Waals surface area contributed by atoms with Crippen molar-refractivity contribution in [1.82, 2.24) is 0 Å². The second kappa shape index (κ2) is 13.5. The molecule has 3 unspecified atom stereocenters. The van der Waals surface area contributed by atoms with Gasteiger partial charge in [-0.2, -0.15) is 0 Å². The van der Waals surface area contributed by atoms with E-state index in [9.17, 15) is 14.2 Å². The highest BCUT2D eigenvalue weighted by Gasteiger charge is 2.45. The molecule has 3 atom stereocenters. The Hall–Kier alpha value is -1.54. The normalized spacial score (nSPS) is 15.6. The Balaban J connectivity index is 3.26. The largest absolute Gasteiger partial charge is 0.464 e. The van der Waals surface area contributed by atoms with Crippen LogP contribution in [-0.2, 0) is 14.1 Å². The smallest absolute Gasteiger partial charge is 0.324 e. The number of carbonyl (C=O) groups is 2. The molecule has 0 aliphatic rings. The summed E-state index contributed by atoms with van der Waals surface area (Å²) in [6, 6.07) is 3.97.